The van der Waals surface area contributed by atoms with E-state index in [4.69, 9.17) is 14.7 Å². The van der Waals surface area contributed by atoms with E-state index in [-0.39, 0.29) is 29.2 Å². The van der Waals surface area contributed by atoms with Crippen molar-refractivity contribution < 1.29 is 19.4 Å². The maximum Gasteiger partial charge on any atom is 0.342 e. The molecular weight excluding hydrogens is 210 g/mol. The van der Waals surface area contributed by atoms with E-state index in [2.05, 4.69) is 0 Å². The number of aromatic hydroxyl groups is 1. The highest BCUT2D eigenvalue weighted by molar-refractivity contribution is 5.94. The van der Waals surface area contributed by atoms with Gasteiger partial charge in [0.05, 0.1) is 19.3 Å². The van der Waals surface area contributed by atoms with Crippen LogP contribution in [0, 0.1) is 11.3 Å². The van der Waals surface area contributed by atoms with Gasteiger partial charge in [-0.25, -0.2) is 4.79 Å². The first kappa shape index (κ1) is 11.9. The topological polar surface area (TPSA) is 79.6 Å². The van der Waals surface area contributed by atoms with Gasteiger partial charge >= 0.3 is 5.97 Å². The van der Waals surface area contributed by atoms with Crippen molar-refractivity contribution in [2.45, 2.75) is 6.92 Å². The van der Waals surface area contributed by atoms with Crippen LogP contribution in [0.1, 0.15) is 22.8 Å². The van der Waals surface area contributed by atoms with Gasteiger partial charge in [-0.05, 0) is 19.1 Å². The molecule has 16 heavy (non-hydrogen) atoms. The van der Waals surface area contributed by atoms with Crippen LogP contribution in [-0.2, 0) is 4.74 Å². The minimum Gasteiger partial charge on any atom is -0.503 e. The Morgan fingerprint density at radius 2 is 2.25 bits per heavy atom. The van der Waals surface area contributed by atoms with Crippen LogP contribution in [0.3, 0.4) is 0 Å². The van der Waals surface area contributed by atoms with E-state index in [0.29, 0.717) is 0 Å². The summed E-state index contributed by atoms with van der Waals surface area (Å²) in [6.45, 7) is 1.90. The Kier molecular flexibility index (Phi) is 3.72. The summed E-state index contributed by atoms with van der Waals surface area (Å²) in [6.07, 6.45) is 0. The lowest BCUT2D eigenvalue weighted by atomic mass is 10.1. The predicted octanol–water partition coefficient (Wildman–Crippen LogP) is 1.45. The molecule has 1 aromatic carbocycles. The molecule has 0 unspecified atom stereocenters. The number of esters is 1. The van der Waals surface area contributed by atoms with Gasteiger partial charge in [-0.15, -0.1) is 0 Å². The van der Waals surface area contributed by atoms with Gasteiger partial charge in [-0.3, -0.25) is 0 Å². The molecule has 0 bridgehead atoms. The van der Waals surface area contributed by atoms with Gasteiger partial charge in [0.25, 0.3) is 0 Å². The number of nitrogens with zero attached hydrogens (tertiary/aromatic N) is 1. The first-order valence-corrected chi connectivity index (χ1v) is 4.62. The Balaban J connectivity index is 3.27. The first-order chi connectivity index (χ1) is 7.65. The first-order valence-electron chi connectivity index (χ1n) is 4.62. The molecule has 0 saturated carbocycles. The summed E-state index contributed by atoms with van der Waals surface area (Å²) in [7, 11) is 1.30. The fraction of sp³-hybridized carbons (Fsp3) is 0.273. The second-order valence-electron chi connectivity index (χ2n) is 2.87. The number of ether oxygens (including phenoxy) is 2. The largest absolute Gasteiger partial charge is 0.503 e. The molecule has 0 amide bonds. The van der Waals surface area contributed by atoms with Gasteiger partial charge < -0.3 is 14.6 Å². The maximum atomic E-state index is 11.5. The lowest BCUT2D eigenvalue weighted by molar-refractivity contribution is 0.0522. The Morgan fingerprint density at radius 1 is 1.56 bits per heavy atom. The number of methoxy groups -OCH3 is 1. The summed E-state index contributed by atoms with van der Waals surface area (Å²) in [5.74, 6) is -0.993. The molecule has 1 rings (SSSR count). The van der Waals surface area contributed by atoms with Crippen molar-refractivity contribution in [3.05, 3.63) is 23.3 Å². The zero-order valence-electron chi connectivity index (χ0n) is 8.98. The van der Waals surface area contributed by atoms with Gasteiger partial charge in [0.1, 0.15) is 11.6 Å². The molecule has 0 atom stereocenters. The molecule has 5 nitrogen and oxygen atoms in total. The molecule has 0 aromatic heterocycles. The Labute approximate surface area is 92.8 Å². The van der Waals surface area contributed by atoms with E-state index in [0.717, 1.165) is 0 Å². The molecule has 0 aliphatic rings. The van der Waals surface area contributed by atoms with Gasteiger partial charge in [0.15, 0.2) is 11.5 Å². The van der Waals surface area contributed by atoms with E-state index >= 15 is 0 Å². The number of benzene rings is 1. The summed E-state index contributed by atoms with van der Waals surface area (Å²) in [5.41, 5.74) is 0.144. The average molecular weight is 221 g/mol. The number of nitriles is 1. The number of phenolic OH excluding ortho intramolecular Hbond substituents is 1. The Morgan fingerprint density at radius 3 is 2.75 bits per heavy atom. The van der Waals surface area contributed by atoms with Crippen LogP contribution in [0.25, 0.3) is 0 Å². The third kappa shape index (κ3) is 2.06. The van der Waals surface area contributed by atoms with Crippen molar-refractivity contribution in [3.8, 4) is 17.6 Å². The molecule has 5 heteroatoms. The number of phenols is 1. The van der Waals surface area contributed by atoms with Crippen molar-refractivity contribution in [2.75, 3.05) is 13.7 Å². The molecule has 1 N–H and O–H groups in total. The highest BCUT2D eigenvalue weighted by Crippen LogP contribution is 2.33. The van der Waals surface area contributed by atoms with Gasteiger partial charge in [-0.2, -0.15) is 5.26 Å². The number of hydrogen-bond donors (Lipinski definition) is 1. The molecule has 0 aliphatic heterocycles. The summed E-state index contributed by atoms with van der Waals surface area (Å²) in [4.78, 5) is 11.5. The minimum absolute atomic E-state index is 0.0440. The maximum absolute atomic E-state index is 11.5. The zero-order chi connectivity index (χ0) is 12.1. The fourth-order valence-electron chi connectivity index (χ4n) is 1.24. The lowest BCUT2D eigenvalue weighted by Crippen LogP contribution is -2.07. The SMILES string of the molecule is CCOC(=O)c1ccc(C#N)c(O)c1OC. The zero-order valence-corrected chi connectivity index (χ0v) is 8.98. The number of hydrogen-bond acceptors (Lipinski definition) is 5. The van der Waals surface area contributed by atoms with E-state index in [1.807, 2.05) is 0 Å². The van der Waals surface area contributed by atoms with Crippen molar-refractivity contribution in [1.82, 2.24) is 0 Å². The van der Waals surface area contributed by atoms with Gasteiger partial charge in [0.2, 0.25) is 0 Å². The van der Waals surface area contributed by atoms with Crippen LogP contribution < -0.4 is 4.74 Å². The second-order valence-corrected chi connectivity index (χ2v) is 2.87. The number of rotatable bonds is 3. The van der Waals surface area contributed by atoms with Crippen LogP contribution >= 0.6 is 0 Å². The quantitative estimate of drug-likeness (QED) is 0.781. The van der Waals surface area contributed by atoms with Crippen molar-refractivity contribution in [2.24, 2.45) is 0 Å². The van der Waals surface area contributed by atoms with Crippen molar-refractivity contribution >= 4 is 5.97 Å². The molecule has 0 spiro atoms. The van der Waals surface area contributed by atoms with Crippen LogP contribution in [-0.4, -0.2) is 24.8 Å². The third-order valence-corrected chi connectivity index (χ3v) is 1.95. The van der Waals surface area contributed by atoms with E-state index < -0.39 is 5.97 Å². The van der Waals surface area contributed by atoms with Gasteiger partial charge in [-0.1, -0.05) is 0 Å². The average Bonchev–Trinajstić information content (AvgIpc) is 2.28. The molecule has 0 aliphatic carbocycles. The predicted molar refractivity (Wildman–Crippen MR) is 55.3 cm³/mol. The second kappa shape index (κ2) is 5.03. The monoisotopic (exact) mass is 221 g/mol. The van der Waals surface area contributed by atoms with E-state index in [1.54, 1.807) is 13.0 Å². The van der Waals surface area contributed by atoms with Gasteiger partial charge in [0, 0.05) is 0 Å². The molecular formula is C11H11NO4. The Hall–Kier alpha value is -2.22. The van der Waals surface area contributed by atoms with Crippen LogP contribution in [0.2, 0.25) is 0 Å². The Bertz CT molecular complexity index is 448. The highest BCUT2D eigenvalue weighted by atomic mass is 16.5. The summed E-state index contributed by atoms with van der Waals surface area (Å²) in [5, 5.41) is 18.3. The summed E-state index contributed by atoms with van der Waals surface area (Å²) >= 11 is 0. The summed E-state index contributed by atoms with van der Waals surface area (Å²) in [6, 6.07) is 4.51. The number of carbonyl (C=O) groups excluding carboxylic acids is 1. The standard InChI is InChI=1S/C11H11NO4/c1-3-16-11(14)8-5-4-7(6-12)9(13)10(8)15-2/h4-5,13H,3H2,1-2H3. The molecule has 0 radical (unpaired) electrons. The number of carbonyl (C=O) groups is 1. The molecule has 1 aromatic rings. The van der Waals surface area contributed by atoms with Crippen LogP contribution in [0.5, 0.6) is 11.5 Å². The van der Waals surface area contributed by atoms with E-state index in [9.17, 15) is 9.90 Å². The molecule has 0 fully saturated rings. The smallest absolute Gasteiger partial charge is 0.342 e. The van der Waals surface area contributed by atoms with E-state index in [1.165, 1.54) is 19.2 Å². The van der Waals surface area contributed by atoms with Crippen LogP contribution in [0.4, 0.5) is 0 Å². The summed E-state index contributed by atoms with van der Waals surface area (Å²) < 4.78 is 9.67. The fourth-order valence-corrected chi connectivity index (χ4v) is 1.24. The molecule has 84 valence electrons. The lowest BCUT2D eigenvalue weighted by Gasteiger charge is -2.09. The third-order valence-electron chi connectivity index (χ3n) is 1.95. The minimum atomic E-state index is -0.598. The van der Waals surface area contributed by atoms with Crippen molar-refractivity contribution in [3.63, 3.8) is 0 Å². The van der Waals surface area contributed by atoms with Crippen molar-refractivity contribution in [1.29, 1.82) is 5.26 Å². The molecule has 0 saturated heterocycles. The highest BCUT2D eigenvalue weighted by Gasteiger charge is 2.19. The molecule has 0 heterocycles. The normalized spacial score (nSPS) is 9.31. The van der Waals surface area contributed by atoms with Crippen LogP contribution in [0.15, 0.2) is 12.1 Å².